The van der Waals surface area contributed by atoms with Crippen LogP contribution in [0.5, 0.6) is 17.2 Å². The number of ether oxygens (including phenoxy) is 3. The molecule has 5 rings (SSSR count). The average Bonchev–Trinajstić information content (AvgIpc) is 3.34. The van der Waals surface area contributed by atoms with Gasteiger partial charge in [0.2, 0.25) is 23.0 Å². The van der Waals surface area contributed by atoms with Crippen LogP contribution >= 0.6 is 0 Å². The van der Waals surface area contributed by atoms with Gasteiger partial charge < -0.3 is 35.1 Å². The molecule has 3 atom stereocenters. The number of anilines is 1. The molecule has 2 amide bonds. The van der Waals surface area contributed by atoms with Gasteiger partial charge in [0.1, 0.15) is 6.04 Å². The van der Waals surface area contributed by atoms with Gasteiger partial charge in [-0.2, -0.15) is 0 Å². The molecule has 0 fully saturated rings. The maximum Gasteiger partial charge on any atom is 0.242 e. The van der Waals surface area contributed by atoms with E-state index in [1.807, 2.05) is 50.4 Å². The van der Waals surface area contributed by atoms with Gasteiger partial charge in [0.25, 0.3) is 0 Å². The number of hydrogen-bond donors (Lipinski definition) is 4. The second-order valence-electron chi connectivity index (χ2n) is 12.0. The van der Waals surface area contributed by atoms with Crippen LogP contribution in [-0.4, -0.2) is 50.7 Å². The quantitative estimate of drug-likeness (QED) is 0.160. The highest BCUT2D eigenvalue weighted by molar-refractivity contribution is 5.87. The van der Waals surface area contributed by atoms with E-state index in [1.165, 1.54) is 6.92 Å². The summed E-state index contributed by atoms with van der Waals surface area (Å²) in [4.78, 5) is 43.1. The molecule has 1 aromatic heterocycles. The third-order valence-corrected chi connectivity index (χ3v) is 9.09. The van der Waals surface area contributed by atoms with Crippen molar-refractivity contribution in [2.45, 2.75) is 58.5 Å². The van der Waals surface area contributed by atoms with Crippen molar-refractivity contribution in [2.24, 2.45) is 5.92 Å². The molecule has 0 radical (unpaired) electrons. The Morgan fingerprint density at radius 2 is 1.79 bits per heavy atom. The number of aryl methyl sites for hydroxylation is 1. The Morgan fingerprint density at radius 3 is 2.49 bits per heavy atom. The molecule has 0 saturated heterocycles. The van der Waals surface area contributed by atoms with Crippen molar-refractivity contribution in [3.63, 3.8) is 0 Å². The van der Waals surface area contributed by atoms with Crippen LogP contribution in [0.15, 0.2) is 59.5 Å². The summed E-state index contributed by atoms with van der Waals surface area (Å²) in [5.41, 5.74) is 5.28. The third-order valence-electron chi connectivity index (χ3n) is 9.09. The Bertz CT molecular complexity index is 1830. The Labute approximate surface area is 275 Å². The van der Waals surface area contributed by atoms with Gasteiger partial charge in [-0.25, -0.2) is 0 Å². The largest absolute Gasteiger partial charge is 0.493 e. The van der Waals surface area contributed by atoms with Crippen LogP contribution in [0.2, 0.25) is 0 Å². The first-order chi connectivity index (χ1) is 22.7. The van der Waals surface area contributed by atoms with Crippen LogP contribution in [-0.2, 0) is 22.4 Å². The zero-order chi connectivity index (χ0) is 33.7. The van der Waals surface area contributed by atoms with E-state index >= 15 is 0 Å². The molecule has 1 aliphatic carbocycles. The predicted octanol–water partition coefficient (Wildman–Crippen LogP) is 5.53. The van der Waals surface area contributed by atoms with E-state index in [9.17, 15) is 14.4 Å². The number of nitrogens with one attached hydrogen (secondary N) is 4. The van der Waals surface area contributed by atoms with Gasteiger partial charge in [-0.3, -0.25) is 14.4 Å². The maximum absolute atomic E-state index is 13.9. The number of aromatic nitrogens is 1. The number of carbonyl (C=O) groups is 2. The summed E-state index contributed by atoms with van der Waals surface area (Å²) in [5.74, 6) is 1.01. The van der Waals surface area contributed by atoms with Gasteiger partial charge in [0.05, 0.1) is 33.1 Å². The second kappa shape index (κ2) is 14.6. The minimum Gasteiger partial charge on any atom is -0.493 e. The summed E-state index contributed by atoms with van der Waals surface area (Å²) in [5, 5.41) is 10.5. The first-order valence-electron chi connectivity index (χ1n) is 16.1. The molecule has 1 aliphatic rings. The minimum atomic E-state index is -0.643. The molecule has 0 spiro atoms. The van der Waals surface area contributed by atoms with Gasteiger partial charge in [-0.05, 0) is 71.7 Å². The molecular formula is C37H44N4O6. The van der Waals surface area contributed by atoms with E-state index in [1.54, 1.807) is 33.5 Å². The molecule has 10 heteroatoms. The summed E-state index contributed by atoms with van der Waals surface area (Å²) in [6.07, 6.45) is 4.53. The van der Waals surface area contributed by atoms with Crippen molar-refractivity contribution in [1.29, 1.82) is 0 Å². The number of H-pyrrole nitrogens is 1. The first kappa shape index (κ1) is 33.4. The van der Waals surface area contributed by atoms with E-state index in [4.69, 9.17) is 14.2 Å². The Balaban J connectivity index is 1.50. The molecule has 0 saturated carbocycles. The van der Waals surface area contributed by atoms with Crippen molar-refractivity contribution in [3.05, 3.63) is 81.6 Å². The first-order valence-corrected chi connectivity index (χ1v) is 16.1. The lowest BCUT2D eigenvalue weighted by atomic mass is 9.95. The van der Waals surface area contributed by atoms with E-state index < -0.39 is 12.1 Å². The summed E-state index contributed by atoms with van der Waals surface area (Å²) in [6, 6.07) is 14.1. The number of hydrogen-bond acceptors (Lipinski definition) is 7. The molecule has 3 aromatic carbocycles. The van der Waals surface area contributed by atoms with E-state index in [0.717, 1.165) is 39.6 Å². The monoisotopic (exact) mass is 640 g/mol. The van der Waals surface area contributed by atoms with Crippen LogP contribution in [0.1, 0.15) is 56.3 Å². The fourth-order valence-electron chi connectivity index (χ4n) is 6.47. The summed E-state index contributed by atoms with van der Waals surface area (Å²) >= 11 is 0. The normalized spacial score (nSPS) is 15.0. The number of para-hydroxylation sites is 1. The fourth-order valence-corrected chi connectivity index (χ4v) is 6.47. The van der Waals surface area contributed by atoms with Gasteiger partial charge >= 0.3 is 0 Å². The number of amides is 2. The molecule has 248 valence electrons. The molecule has 1 heterocycles. The fraction of sp³-hybridized carbons (Fsp3) is 0.378. The highest BCUT2D eigenvalue weighted by Crippen LogP contribution is 2.50. The van der Waals surface area contributed by atoms with Crippen LogP contribution < -0.4 is 35.6 Å². The number of carbonyl (C=O) groups excluding carboxylic acids is 2. The van der Waals surface area contributed by atoms with Crippen LogP contribution in [0.3, 0.4) is 0 Å². The maximum atomic E-state index is 13.9. The smallest absolute Gasteiger partial charge is 0.242 e. The van der Waals surface area contributed by atoms with Crippen LogP contribution in [0.4, 0.5) is 5.69 Å². The lowest BCUT2D eigenvalue weighted by Crippen LogP contribution is -2.45. The SMILES string of the molecule is CC[C@H](C)[C@H](Nc1ccc2c(cc1=O)[C@@H](NC(C)=O)CCc1cc(OC)c(OC)c(OC)c1-2)C(=O)NCCc1c[nH]c2ccccc12. The van der Waals surface area contributed by atoms with Crippen molar-refractivity contribution < 1.29 is 23.8 Å². The summed E-state index contributed by atoms with van der Waals surface area (Å²) < 4.78 is 17.2. The average molecular weight is 641 g/mol. The van der Waals surface area contributed by atoms with E-state index in [0.29, 0.717) is 48.6 Å². The van der Waals surface area contributed by atoms with Gasteiger partial charge in [0.15, 0.2) is 11.5 Å². The zero-order valence-electron chi connectivity index (χ0n) is 27.9. The Kier molecular flexibility index (Phi) is 10.4. The lowest BCUT2D eigenvalue weighted by molar-refractivity contribution is -0.123. The molecule has 4 aromatic rings. The molecule has 0 aliphatic heterocycles. The Morgan fingerprint density at radius 1 is 1.02 bits per heavy atom. The summed E-state index contributed by atoms with van der Waals surface area (Å²) in [7, 11) is 4.69. The van der Waals surface area contributed by atoms with E-state index in [-0.39, 0.29) is 28.8 Å². The van der Waals surface area contributed by atoms with Gasteiger partial charge in [-0.15, -0.1) is 0 Å². The standard InChI is InChI=1S/C37H44N4O6/c1-7-21(2)34(37(44)38-17-16-24-20-39-28-11-9-8-10-25(24)28)41-30-15-13-26-27(19-31(30)43)29(40-22(3)42)14-12-23-18-32(45-4)35(46-5)36(47-6)33(23)26/h8-11,13,15,18-21,29,34,39H,7,12,14,16-17H2,1-6H3,(H,38,44)(H,40,42)(H,41,43)/t21-,29-,34-/m0/s1. The number of aromatic amines is 1. The van der Waals surface area contributed by atoms with E-state index in [2.05, 4.69) is 27.0 Å². The van der Waals surface area contributed by atoms with Crippen LogP contribution in [0.25, 0.3) is 22.0 Å². The van der Waals surface area contributed by atoms with Crippen molar-refractivity contribution in [1.82, 2.24) is 15.6 Å². The highest BCUT2D eigenvalue weighted by Gasteiger charge is 2.30. The number of methoxy groups -OCH3 is 3. The number of fused-ring (bicyclic) bond motifs is 4. The minimum absolute atomic E-state index is 0.0597. The van der Waals surface area contributed by atoms with Gasteiger partial charge in [-0.1, -0.05) is 44.5 Å². The predicted molar refractivity (Wildman–Crippen MR) is 185 cm³/mol. The molecule has 47 heavy (non-hydrogen) atoms. The molecule has 10 nitrogen and oxygen atoms in total. The summed E-state index contributed by atoms with van der Waals surface area (Å²) in [6.45, 7) is 5.93. The molecule has 0 unspecified atom stereocenters. The molecule has 4 N–H and O–H groups in total. The lowest BCUT2D eigenvalue weighted by Gasteiger charge is -2.24. The topological polar surface area (TPSA) is 131 Å². The van der Waals surface area contributed by atoms with Crippen molar-refractivity contribution in [3.8, 4) is 28.4 Å². The van der Waals surface area contributed by atoms with Crippen molar-refractivity contribution >= 4 is 28.4 Å². The molecular weight excluding hydrogens is 596 g/mol. The Hall–Kier alpha value is -4.99. The number of benzene rings is 2. The zero-order valence-corrected chi connectivity index (χ0v) is 27.9. The second-order valence-corrected chi connectivity index (χ2v) is 12.0. The van der Waals surface area contributed by atoms with Crippen molar-refractivity contribution in [2.75, 3.05) is 33.2 Å². The highest BCUT2D eigenvalue weighted by atomic mass is 16.5. The third kappa shape index (κ3) is 6.91. The molecule has 0 bridgehead atoms. The van der Waals surface area contributed by atoms with Crippen LogP contribution in [0, 0.1) is 5.92 Å². The van der Waals surface area contributed by atoms with Gasteiger partial charge in [0, 0.05) is 36.1 Å². The number of rotatable bonds is 12.